The zero-order chi connectivity index (χ0) is 21.1. The van der Waals surface area contributed by atoms with E-state index in [9.17, 15) is 9.50 Å². The van der Waals surface area contributed by atoms with Crippen molar-refractivity contribution < 1.29 is 14.2 Å². The second kappa shape index (κ2) is 8.59. The van der Waals surface area contributed by atoms with Crippen LogP contribution in [0.4, 0.5) is 4.39 Å². The Bertz CT molecular complexity index is 1060. The van der Waals surface area contributed by atoms with Gasteiger partial charge in [-0.25, -0.2) is 4.39 Å². The van der Waals surface area contributed by atoms with Crippen molar-refractivity contribution >= 4 is 5.70 Å². The third kappa shape index (κ3) is 4.02. The van der Waals surface area contributed by atoms with Crippen molar-refractivity contribution in [3.63, 3.8) is 0 Å². The van der Waals surface area contributed by atoms with Crippen molar-refractivity contribution in [2.75, 3.05) is 6.61 Å². The molecule has 0 aromatic heterocycles. The summed E-state index contributed by atoms with van der Waals surface area (Å²) in [7, 11) is 0. The second-order valence-electron chi connectivity index (χ2n) is 7.32. The maximum Gasteiger partial charge on any atom is 0.162 e. The van der Waals surface area contributed by atoms with Gasteiger partial charge in [-0.2, -0.15) is 0 Å². The van der Waals surface area contributed by atoms with Gasteiger partial charge < -0.3 is 15.2 Å². The summed E-state index contributed by atoms with van der Waals surface area (Å²) in [5.74, 6) is 0.229. The number of hydrogen-bond acceptors (Lipinski definition) is 4. The lowest BCUT2D eigenvalue weighted by atomic mass is 9.97. The van der Waals surface area contributed by atoms with Gasteiger partial charge in [0.05, 0.1) is 12.6 Å². The lowest BCUT2D eigenvalue weighted by Crippen LogP contribution is -2.40. The third-order valence-electron chi connectivity index (χ3n) is 5.22. The van der Waals surface area contributed by atoms with Crippen LogP contribution in [-0.4, -0.2) is 11.7 Å². The molecule has 154 valence electrons. The van der Waals surface area contributed by atoms with Crippen LogP contribution in [0.2, 0.25) is 0 Å². The van der Waals surface area contributed by atoms with Crippen LogP contribution in [0.3, 0.4) is 0 Å². The molecule has 1 aliphatic heterocycles. The third-order valence-corrected chi connectivity index (χ3v) is 5.22. The lowest BCUT2D eigenvalue weighted by molar-refractivity contribution is 0.314. The molecule has 0 bridgehead atoms. The molecule has 0 spiro atoms. The van der Waals surface area contributed by atoms with Crippen LogP contribution in [0.25, 0.3) is 5.70 Å². The van der Waals surface area contributed by atoms with Crippen molar-refractivity contribution in [1.29, 1.82) is 0 Å². The summed E-state index contributed by atoms with van der Waals surface area (Å²) in [5, 5.41) is 17.6. The molecule has 5 heteroatoms. The van der Waals surface area contributed by atoms with Gasteiger partial charge in [0, 0.05) is 16.8 Å². The molecule has 4 nitrogen and oxygen atoms in total. The predicted molar refractivity (Wildman–Crippen MR) is 117 cm³/mol. The van der Waals surface area contributed by atoms with E-state index in [1.807, 2.05) is 62.4 Å². The smallest absolute Gasteiger partial charge is 0.162 e. The number of benzene rings is 3. The SMILES string of the molecule is CCOc1cccc(C2C=C(c3ccc(C)cc3)NC(c3ccccc3F)N2)c1O. The van der Waals surface area contributed by atoms with Crippen molar-refractivity contribution in [3.05, 3.63) is 101 Å². The molecular formula is C25H25FN2O2. The minimum Gasteiger partial charge on any atom is -0.504 e. The molecule has 0 amide bonds. The monoisotopic (exact) mass is 404 g/mol. The molecule has 0 radical (unpaired) electrons. The number of rotatable bonds is 5. The van der Waals surface area contributed by atoms with E-state index in [1.165, 1.54) is 6.07 Å². The van der Waals surface area contributed by atoms with Gasteiger partial charge in [0.25, 0.3) is 0 Å². The average molecular weight is 404 g/mol. The number of halogens is 1. The first kappa shape index (κ1) is 20.0. The highest BCUT2D eigenvalue weighted by Crippen LogP contribution is 2.38. The Morgan fingerprint density at radius 3 is 2.43 bits per heavy atom. The van der Waals surface area contributed by atoms with Gasteiger partial charge in [-0.05, 0) is 37.6 Å². The van der Waals surface area contributed by atoms with Gasteiger partial charge in [-0.15, -0.1) is 0 Å². The second-order valence-corrected chi connectivity index (χ2v) is 7.32. The van der Waals surface area contributed by atoms with E-state index >= 15 is 0 Å². The molecule has 1 heterocycles. The van der Waals surface area contributed by atoms with Gasteiger partial charge in [0.2, 0.25) is 0 Å². The van der Waals surface area contributed by atoms with Crippen molar-refractivity contribution in [1.82, 2.24) is 10.6 Å². The Balaban J connectivity index is 1.78. The Kier molecular flexibility index (Phi) is 5.72. The molecule has 0 fully saturated rings. The molecule has 30 heavy (non-hydrogen) atoms. The van der Waals surface area contributed by atoms with Crippen molar-refractivity contribution in [3.8, 4) is 11.5 Å². The molecule has 0 aliphatic carbocycles. The fraction of sp³-hybridized carbons (Fsp3) is 0.200. The van der Waals surface area contributed by atoms with Gasteiger partial charge >= 0.3 is 0 Å². The molecule has 0 saturated carbocycles. The van der Waals surface area contributed by atoms with Crippen molar-refractivity contribution in [2.24, 2.45) is 0 Å². The first-order chi connectivity index (χ1) is 14.6. The predicted octanol–water partition coefficient (Wildman–Crippen LogP) is 5.21. The topological polar surface area (TPSA) is 53.5 Å². The summed E-state index contributed by atoms with van der Waals surface area (Å²) in [6, 6.07) is 19.9. The standard InChI is InChI=1S/C25H25FN2O2/c1-3-30-23-10-6-8-19(24(23)29)22-15-21(17-13-11-16(2)12-14-17)27-25(28-22)18-7-4-5-9-20(18)26/h4-15,22,25,27-29H,3H2,1-2H3. The molecule has 3 aromatic carbocycles. The van der Waals surface area contributed by atoms with E-state index in [4.69, 9.17) is 4.74 Å². The van der Waals surface area contributed by atoms with Gasteiger partial charge in [-0.3, -0.25) is 5.32 Å². The highest BCUT2D eigenvalue weighted by Gasteiger charge is 2.27. The van der Waals surface area contributed by atoms with Crippen LogP contribution >= 0.6 is 0 Å². The number of ether oxygens (including phenoxy) is 1. The molecule has 3 aromatic rings. The van der Waals surface area contributed by atoms with Crippen LogP contribution in [0.15, 0.2) is 72.8 Å². The summed E-state index contributed by atoms with van der Waals surface area (Å²) in [6.07, 6.45) is 1.54. The van der Waals surface area contributed by atoms with Crippen LogP contribution in [0.1, 0.15) is 41.4 Å². The quantitative estimate of drug-likeness (QED) is 0.546. The average Bonchev–Trinajstić information content (AvgIpc) is 2.76. The van der Waals surface area contributed by atoms with Crippen LogP contribution < -0.4 is 15.4 Å². The zero-order valence-corrected chi connectivity index (χ0v) is 17.0. The zero-order valence-electron chi connectivity index (χ0n) is 17.0. The van der Waals surface area contributed by atoms with E-state index in [-0.39, 0.29) is 17.6 Å². The highest BCUT2D eigenvalue weighted by molar-refractivity contribution is 5.67. The Labute approximate surface area is 176 Å². The van der Waals surface area contributed by atoms with Gasteiger partial charge in [0.15, 0.2) is 11.5 Å². The molecule has 0 saturated heterocycles. The molecule has 4 rings (SSSR count). The first-order valence-electron chi connectivity index (χ1n) is 10.1. The highest BCUT2D eigenvalue weighted by atomic mass is 19.1. The largest absolute Gasteiger partial charge is 0.504 e. The Morgan fingerprint density at radius 2 is 1.70 bits per heavy atom. The number of aryl methyl sites for hydroxylation is 1. The van der Waals surface area contributed by atoms with E-state index < -0.39 is 6.17 Å². The maximum absolute atomic E-state index is 14.6. The van der Waals surface area contributed by atoms with Crippen LogP contribution in [0, 0.1) is 12.7 Å². The van der Waals surface area contributed by atoms with E-state index in [2.05, 4.69) is 10.6 Å². The molecule has 2 unspecified atom stereocenters. The minimum absolute atomic E-state index is 0.0885. The van der Waals surface area contributed by atoms with E-state index in [0.717, 1.165) is 16.8 Å². The number of aromatic hydroxyl groups is 1. The maximum atomic E-state index is 14.6. The Hall–Kier alpha value is -3.31. The first-order valence-corrected chi connectivity index (χ1v) is 10.1. The minimum atomic E-state index is -0.465. The van der Waals surface area contributed by atoms with Gasteiger partial charge in [0.1, 0.15) is 12.0 Å². The molecular weight excluding hydrogens is 379 g/mol. The summed E-state index contributed by atoms with van der Waals surface area (Å²) >= 11 is 0. The number of hydrogen-bond donors (Lipinski definition) is 3. The van der Waals surface area contributed by atoms with Crippen LogP contribution in [0.5, 0.6) is 11.5 Å². The van der Waals surface area contributed by atoms with E-state index in [0.29, 0.717) is 23.5 Å². The number of phenols is 1. The normalized spacial score (nSPS) is 18.4. The summed E-state index contributed by atoms with van der Waals surface area (Å²) in [4.78, 5) is 0. The summed E-state index contributed by atoms with van der Waals surface area (Å²) < 4.78 is 20.1. The molecule has 2 atom stereocenters. The molecule has 1 aliphatic rings. The summed E-state index contributed by atoms with van der Waals surface area (Å²) in [6.45, 7) is 4.37. The van der Waals surface area contributed by atoms with Crippen molar-refractivity contribution in [2.45, 2.75) is 26.1 Å². The molecule has 3 N–H and O–H groups in total. The van der Waals surface area contributed by atoms with Crippen LogP contribution in [-0.2, 0) is 0 Å². The number of nitrogens with one attached hydrogen (secondary N) is 2. The lowest BCUT2D eigenvalue weighted by Gasteiger charge is -2.33. The number of para-hydroxylation sites is 1. The fourth-order valence-corrected chi connectivity index (χ4v) is 3.67. The van der Waals surface area contributed by atoms with E-state index in [1.54, 1.807) is 18.2 Å². The Morgan fingerprint density at radius 1 is 0.967 bits per heavy atom. The fourth-order valence-electron chi connectivity index (χ4n) is 3.67. The summed E-state index contributed by atoms with van der Waals surface area (Å²) in [5.41, 5.74) is 4.22. The number of phenolic OH excluding ortho intramolecular Hbond substituents is 1. The van der Waals surface area contributed by atoms with Gasteiger partial charge in [-0.1, -0.05) is 60.2 Å².